The average molecular weight is 631 g/mol. The van der Waals surface area contributed by atoms with Gasteiger partial charge in [0.15, 0.2) is 0 Å². The molecule has 0 spiro atoms. The van der Waals surface area contributed by atoms with Crippen molar-refractivity contribution < 1.29 is 0 Å². The molecule has 0 aliphatic heterocycles. The Balaban J connectivity index is 1.26. The molecule has 0 saturated heterocycles. The molecular weight excluding hydrogens is 589 g/mol. The Morgan fingerprint density at radius 2 is 0.708 bits per heavy atom. The van der Waals surface area contributed by atoms with Crippen molar-refractivity contribution in [1.29, 1.82) is 0 Å². The van der Waals surface area contributed by atoms with Crippen LogP contribution in [0.4, 0.5) is 0 Å². The average Bonchev–Trinajstić information content (AvgIpc) is 3.84. The molecule has 4 aromatic carbocycles. The normalized spacial score (nSPS) is 12.3. The van der Waals surface area contributed by atoms with Crippen LogP contribution in [0.15, 0.2) is 106 Å². The molecule has 240 valence electrons. The van der Waals surface area contributed by atoms with Crippen LogP contribution in [0.25, 0.3) is 32.7 Å². The molecule has 7 aromatic rings. The van der Waals surface area contributed by atoms with Crippen LogP contribution in [0.1, 0.15) is 71.2 Å². The van der Waals surface area contributed by atoms with Gasteiger partial charge in [0.25, 0.3) is 0 Å². The second kappa shape index (κ2) is 14.1. The van der Waals surface area contributed by atoms with Gasteiger partial charge in [-0.3, -0.25) is 15.0 Å². The lowest BCUT2D eigenvalue weighted by Crippen LogP contribution is -2.13. The van der Waals surface area contributed by atoms with E-state index >= 15 is 0 Å². The van der Waals surface area contributed by atoms with Gasteiger partial charge in [-0.1, -0.05) is 75.4 Å². The number of hydrogen-bond donors (Lipinski definition) is 3. The van der Waals surface area contributed by atoms with E-state index in [0.717, 1.165) is 52.9 Å². The number of H-pyrrole nitrogens is 3. The summed E-state index contributed by atoms with van der Waals surface area (Å²) in [5.41, 5.74) is 14.5. The number of hydrogen-bond acceptors (Lipinski definition) is 3. The molecular formula is C42H42N6. The minimum Gasteiger partial charge on any atom is -0.354 e. The van der Waals surface area contributed by atoms with Crippen LogP contribution < -0.4 is 0 Å². The zero-order valence-electron chi connectivity index (χ0n) is 28.0. The Bertz CT molecular complexity index is 1910. The van der Waals surface area contributed by atoms with E-state index in [1.165, 1.54) is 49.5 Å². The SMILES string of the molecule is CCc1c(CN=Cc2cc3ccccc3[nH]2)c(CC)c(CN=Cc2cc3ccccc3[nH]2)c(CC)c1CN=Cc1cc2ccccc2[nH]1. The summed E-state index contributed by atoms with van der Waals surface area (Å²) in [4.78, 5) is 25.5. The number of nitrogens with zero attached hydrogens (tertiary/aromatic N) is 3. The summed E-state index contributed by atoms with van der Waals surface area (Å²) in [5.74, 6) is 0. The maximum atomic E-state index is 5.02. The predicted molar refractivity (Wildman–Crippen MR) is 203 cm³/mol. The fourth-order valence-electron chi connectivity index (χ4n) is 7.15. The van der Waals surface area contributed by atoms with E-state index in [4.69, 9.17) is 15.0 Å². The fraction of sp³-hybridized carbons (Fsp3) is 0.214. The highest BCUT2D eigenvalue weighted by Gasteiger charge is 2.21. The topological polar surface area (TPSA) is 84.4 Å². The van der Waals surface area contributed by atoms with Crippen molar-refractivity contribution in [3.05, 3.63) is 141 Å². The second-order valence-electron chi connectivity index (χ2n) is 12.3. The van der Waals surface area contributed by atoms with Gasteiger partial charge in [0.1, 0.15) is 0 Å². The van der Waals surface area contributed by atoms with Crippen molar-refractivity contribution in [3.63, 3.8) is 0 Å². The molecule has 0 amide bonds. The molecule has 0 aliphatic carbocycles. The number of fused-ring (bicyclic) bond motifs is 3. The van der Waals surface area contributed by atoms with Crippen LogP contribution in [0.3, 0.4) is 0 Å². The van der Waals surface area contributed by atoms with Crippen LogP contribution in [-0.4, -0.2) is 33.6 Å². The number of nitrogens with one attached hydrogen (secondary N) is 3. The van der Waals surface area contributed by atoms with Gasteiger partial charge in [0.05, 0.1) is 36.7 Å². The summed E-state index contributed by atoms with van der Waals surface area (Å²) in [6, 6.07) is 31.5. The van der Waals surface area contributed by atoms with E-state index < -0.39 is 0 Å². The Labute approximate surface area is 281 Å². The van der Waals surface area contributed by atoms with Crippen LogP contribution in [0.5, 0.6) is 0 Å². The third-order valence-electron chi connectivity index (χ3n) is 9.34. The molecule has 3 heterocycles. The van der Waals surface area contributed by atoms with Crippen LogP contribution in [0, 0.1) is 0 Å². The molecule has 0 fully saturated rings. The Morgan fingerprint density at radius 3 is 0.979 bits per heavy atom. The van der Waals surface area contributed by atoms with Gasteiger partial charge in [-0.2, -0.15) is 0 Å². The van der Waals surface area contributed by atoms with Crippen LogP contribution >= 0.6 is 0 Å². The number of benzene rings is 4. The molecule has 0 bridgehead atoms. The van der Waals surface area contributed by atoms with Crippen molar-refractivity contribution in [2.75, 3.05) is 0 Å². The first kappa shape index (κ1) is 31.1. The molecule has 3 N–H and O–H groups in total. The lowest BCUT2D eigenvalue weighted by atomic mass is 9.83. The maximum absolute atomic E-state index is 5.02. The zero-order valence-corrected chi connectivity index (χ0v) is 28.0. The van der Waals surface area contributed by atoms with Crippen molar-refractivity contribution in [2.45, 2.75) is 59.7 Å². The van der Waals surface area contributed by atoms with E-state index in [2.05, 4.69) is 127 Å². The van der Waals surface area contributed by atoms with Gasteiger partial charge < -0.3 is 15.0 Å². The smallest absolute Gasteiger partial charge is 0.0646 e. The molecule has 0 aliphatic rings. The fourth-order valence-corrected chi connectivity index (χ4v) is 7.15. The number of para-hydroxylation sites is 3. The van der Waals surface area contributed by atoms with E-state index in [9.17, 15) is 0 Å². The minimum absolute atomic E-state index is 0.614. The lowest BCUT2D eigenvalue weighted by molar-refractivity contribution is 0.856. The third-order valence-corrected chi connectivity index (χ3v) is 9.34. The largest absolute Gasteiger partial charge is 0.354 e. The molecule has 3 aromatic heterocycles. The minimum atomic E-state index is 0.614. The van der Waals surface area contributed by atoms with Gasteiger partial charge in [0, 0.05) is 51.4 Å². The van der Waals surface area contributed by atoms with Crippen molar-refractivity contribution in [2.24, 2.45) is 15.0 Å². The lowest BCUT2D eigenvalue weighted by Gasteiger charge is -2.24. The molecule has 0 radical (unpaired) electrons. The van der Waals surface area contributed by atoms with E-state index in [-0.39, 0.29) is 0 Å². The Hall–Kier alpha value is -5.49. The van der Waals surface area contributed by atoms with Gasteiger partial charge in [-0.15, -0.1) is 0 Å². The first-order valence-electron chi connectivity index (χ1n) is 17.0. The number of aliphatic imine (C=N–C) groups is 3. The first-order valence-corrected chi connectivity index (χ1v) is 17.0. The first-order chi connectivity index (χ1) is 23.6. The highest BCUT2D eigenvalue weighted by Crippen LogP contribution is 2.32. The quantitative estimate of drug-likeness (QED) is 0.112. The van der Waals surface area contributed by atoms with Gasteiger partial charge in [0.2, 0.25) is 0 Å². The maximum Gasteiger partial charge on any atom is 0.0646 e. The second-order valence-corrected chi connectivity index (χ2v) is 12.3. The monoisotopic (exact) mass is 630 g/mol. The van der Waals surface area contributed by atoms with Crippen molar-refractivity contribution in [1.82, 2.24) is 15.0 Å². The van der Waals surface area contributed by atoms with E-state index in [1.807, 2.05) is 18.6 Å². The third kappa shape index (κ3) is 6.39. The standard InChI is InChI=1S/C42H42N6/c1-4-34-37(25-43-22-31-19-28-13-7-10-16-40(28)46-31)35(5-2)39(27-45-24-33-21-30-15-9-12-18-42(30)48-33)36(6-3)38(34)26-44-23-32-20-29-14-8-11-17-41(29)47-32/h7-24,46-48H,4-6,25-27H2,1-3H3. The predicted octanol–water partition coefficient (Wildman–Crippen LogP) is 9.67. The van der Waals surface area contributed by atoms with Crippen LogP contribution in [-0.2, 0) is 38.9 Å². The summed E-state index contributed by atoms with van der Waals surface area (Å²) in [7, 11) is 0. The number of aromatic amines is 3. The number of aromatic nitrogens is 3. The summed E-state index contributed by atoms with van der Waals surface area (Å²) >= 11 is 0. The molecule has 6 heteroatoms. The van der Waals surface area contributed by atoms with Crippen molar-refractivity contribution >= 4 is 51.4 Å². The Morgan fingerprint density at radius 1 is 0.417 bits per heavy atom. The van der Waals surface area contributed by atoms with E-state index in [0.29, 0.717) is 19.6 Å². The molecule has 6 nitrogen and oxygen atoms in total. The van der Waals surface area contributed by atoms with Gasteiger partial charge in [-0.25, -0.2) is 0 Å². The van der Waals surface area contributed by atoms with Crippen LogP contribution in [0.2, 0.25) is 0 Å². The molecule has 7 rings (SSSR count). The summed E-state index contributed by atoms with van der Waals surface area (Å²) < 4.78 is 0. The summed E-state index contributed by atoms with van der Waals surface area (Å²) in [6.07, 6.45) is 8.71. The van der Waals surface area contributed by atoms with E-state index in [1.54, 1.807) is 0 Å². The number of rotatable bonds is 12. The summed E-state index contributed by atoms with van der Waals surface area (Å²) in [5, 5.41) is 3.58. The van der Waals surface area contributed by atoms with Crippen molar-refractivity contribution in [3.8, 4) is 0 Å². The highest BCUT2D eigenvalue weighted by atomic mass is 14.8. The van der Waals surface area contributed by atoms with Gasteiger partial charge >= 0.3 is 0 Å². The Kier molecular flexibility index (Phi) is 9.14. The zero-order chi connectivity index (χ0) is 32.9. The molecule has 0 atom stereocenters. The molecule has 0 unspecified atom stereocenters. The van der Waals surface area contributed by atoms with Gasteiger partial charge in [-0.05, 0) is 89.0 Å². The summed E-state index contributed by atoms with van der Waals surface area (Å²) in [6.45, 7) is 8.63. The molecule has 0 saturated carbocycles. The highest BCUT2D eigenvalue weighted by molar-refractivity contribution is 5.91. The molecule has 48 heavy (non-hydrogen) atoms.